The van der Waals surface area contributed by atoms with Gasteiger partial charge in [0, 0.05) is 72.9 Å². The van der Waals surface area contributed by atoms with Crippen LogP contribution in [0.4, 0.5) is 28.8 Å². The number of carbonyl (C=O) groups is 18. The smallest absolute Gasteiger partial charge is 0.408 e. The molecule has 0 bridgehead atoms. The van der Waals surface area contributed by atoms with Gasteiger partial charge in [-0.05, 0) is 41.5 Å². The van der Waals surface area contributed by atoms with Gasteiger partial charge in [0.25, 0.3) is 0 Å². The lowest BCUT2D eigenvalue weighted by Gasteiger charge is -2.31. The van der Waals surface area contributed by atoms with E-state index < -0.39 is 298 Å². The molecular formula is C78H104N6O39. The summed E-state index contributed by atoms with van der Waals surface area (Å²) in [6.07, 6.45) is -6.57. The number of carbonyl (C=O) groups excluding carboxylic acids is 18. The summed E-state index contributed by atoms with van der Waals surface area (Å²) in [6, 6.07) is 0. The highest BCUT2D eigenvalue weighted by Gasteiger charge is 2.39. The van der Waals surface area contributed by atoms with Crippen LogP contribution in [-0.2, 0) is 157 Å². The van der Waals surface area contributed by atoms with Gasteiger partial charge in [-0.25, -0.2) is 86.3 Å². The molecule has 680 valence electrons. The van der Waals surface area contributed by atoms with Gasteiger partial charge in [-0.2, -0.15) is 0 Å². The summed E-state index contributed by atoms with van der Waals surface area (Å²) in [7, 11) is 0. The second-order valence-corrected chi connectivity index (χ2v) is 26.8. The molecule has 0 aromatic carbocycles. The van der Waals surface area contributed by atoms with Gasteiger partial charge >= 0.3 is 108 Å². The van der Waals surface area contributed by atoms with Crippen molar-refractivity contribution in [1.82, 2.24) is 31.9 Å². The maximum atomic E-state index is 14.2. The summed E-state index contributed by atoms with van der Waals surface area (Å²) in [5, 5.41) is 14.1. The molecule has 3 atom stereocenters. The number of hydrogen-bond acceptors (Lipinski definition) is 39. The first kappa shape index (κ1) is 109. The van der Waals surface area contributed by atoms with Gasteiger partial charge in [0.15, 0.2) is 18.3 Å². The van der Waals surface area contributed by atoms with Crippen LogP contribution in [0, 0.1) is 0 Å². The maximum Gasteiger partial charge on any atom is 0.408 e. The Morgan fingerprint density at radius 2 is 0.341 bits per heavy atom. The van der Waals surface area contributed by atoms with E-state index in [1.54, 1.807) is 0 Å². The molecule has 45 nitrogen and oxygen atoms in total. The molecule has 0 radical (unpaired) electrons. The van der Waals surface area contributed by atoms with Crippen molar-refractivity contribution in [3.05, 3.63) is 152 Å². The van der Waals surface area contributed by atoms with Crippen LogP contribution in [-0.4, -0.2) is 298 Å². The molecule has 0 aliphatic rings. The molecular weight excluding hydrogens is 1640 g/mol. The zero-order valence-electron chi connectivity index (χ0n) is 68.8. The van der Waals surface area contributed by atoms with Crippen LogP contribution in [0.2, 0.25) is 0 Å². The molecule has 6 N–H and O–H groups in total. The van der Waals surface area contributed by atoms with E-state index in [0.717, 1.165) is 72.9 Å². The van der Waals surface area contributed by atoms with Crippen LogP contribution >= 0.6 is 0 Å². The van der Waals surface area contributed by atoms with Crippen molar-refractivity contribution in [2.24, 2.45) is 0 Å². The largest absolute Gasteiger partial charge is 0.460 e. The minimum Gasteiger partial charge on any atom is -0.460 e. The van der Waals surface area contributed by atoms with Crippen molar-refractivity contribution in [3.63, 3.8) is 0 Å². The molecule has 0 aromatic rings. The summed E-state index contributed by atoms with van der Waals surface area (Å²) < 4.78 is 113. The van der Waals surface area contributed by atoms with E-state index >= 15 is 0 Å². The Bertz CT molecular complexity index is 3510. The Kier molecular flexibility index (Phi) is 50.7. The fourth-order valence-electron chi connectivity index (χ4n) is 8.19. The highest BCUT2D eigenvalue weighted by Crippen LogP contribution is 2.18. The first-order valence-corrected chi connectivity index (χ1v) is 35.9. The lowest BCUT2D eigenvalue weighted by Crippen LogP contribution is -2.55. The summed E-state index contributed by atoms with van der Waals surface area (Å²) >= 11 is 0. The quantitative estimate of drug-likeness (QED) is 0.0289. The topological polar surface area (TPSA) is 573 Å². The van der Waals surface area contributed by atoms with Gasteiger partial charge in [0.2, 0.25) is 0 Å². The SMILES string of the molecule is C=CC(=O)OCC(C)(COC(=O)C=C)NC(=O)OCC(COCC(COCC(COC(=O)NC(C)(COC(=O)C=C)COC(=O)C=C)OC(=O)NC(C)(COC(=O)C=C)COC(=O)C=C)OCC(COC(=O)NC(C)(COC(=O)C=C)COC(=O)C=C)OC(=O)NC(C)(COC(=O)C=C)COC(=O)C=C)OC(=O)NC(C)(COC(=O)C=C)COC(=O)C=C. The van der Waals surface area contributed by atoms with E-state index in [4.69, 9.17) is 99.5 Å². The summed E-state index contributed by atoms with van der Waals surface area (Å²) in [6.45, 7) is 30.7. The monoisotopic (exact) mass is 1750 g/mol. The maximum absolute atomic E-state index is 14.2. The van der Waals surface area contributed by atoms with E-state index in [1.807, 2.05) is 0 Å². The number of hydrogen-bond donors (Lipinski definition) is 6. The van der Waals surface area contributed by atoms with Crippen LogP contribution in [0.1, 0.15) is 41.5 Å². The number of esters is 12. The normalized spacial score (nSPS) is 12.0. The number of amides is 6. The summed E-state index contributed by atoms with van der Waals surface area (Å²) in [5.41, 5.74) is -11.0. The van der Waals surface area contributed by atoms with Gasteiger partial charge < -0.3 is 131 Å². The Labute approximate surface area is 706 Å². The zero-order chi connectivity index (χ0) is 93.4. The van der Waals surface area contributed by atoms with E-state index in [1.165, 1.54) is 41.5 Å². The minimum absolute atomic E-state index is 0.699. The predicted octanol–water partition coefficient (Wildman–Crippen LogP) is 2.17. The lowest BCUT2D eigenvalue weighted by atomic mass is 10.1. The first-order valence-electron chi connectivity index (χ1n) is 35.9. The molecule has 0 fully saturated rings. The molecule has 0 spiro atoms. The van der Waals surface area contributed by atoms with Crippen LogP contribution in [0.3, 0.4) is 0 Å². The standard InChI is InChI=1S/C78H104N6O39/c1-19-55(85)109-39-73(13,40-110-56(86)20-2)79-67(97)106-36-52(121-70(100)82-76(16,45-115-61(91)25-7)46-116-62(92)26-8)33-103-31-51(105-35-54(123-72(102)84-78(18,49-119-65(95)29-11)50-120-66(96)30-12)38-108-69(99)81-75(15,43-113-59(89)23-5)44-114-60(90)24-6)32-104-34-53(122-71(101)83-77(17,47-117-63(93)27-9)48-118-64(94)28-10)37-107-68(98)80-74(14,41-111-57(87)21-3)42-112-58(88)22-4/h19-30,51-54H,1-12,31-50H2,13-18H3,(H,79,97)(H,80,98)(H,81,99)(H,82,100)(H,83,101)(H,84,102). The molecule has 3 unspecified atom stereocenters. The van der Waals surface area contributed by atoms with Gasteiger partial charge in [0.1, 0.15) is 138 Å². The van der Waals surface area contributed by atoms with E-state index in [0.29, 0.717) is 0 Å². The van der Waals surface area contributed by atoms with Crippen LogP contribution < -0.4 is 31.9 Å². The van der Waals surface area contributed by atoms with Crippen molar-refractivity contribution >= 4 is 108 Å². The van der Waals surface area contributed by atoms with Crippen molar-refractivity contribution in [3.8, 4) is 0 Å². The molecule has 0 aliphatic carbocycles. The minimum atomic E-state index is -1.90. The summed E-state index contributed by atoms with van der Waals surface area (Å²) in [5.74, 6) is -12.0. The number of rotatable bonds is 62. The van der Waals surface area contributed by atoms with E-state index in [2.05, 4.69) is 111 Å². The molecule has 0 aromatic heterocycles. The average Bonchev–Trinajstić information content (AvgIpc) is 0.898. The number of ether oxygens (including phenoxy) is 21. The number of alkyl carbamates (subject to hydrolysis) is 6. The Morgan fingerprint density at radius 1 is 0.203 bits per heavy atom. The van der Waals surface area contributed by atoms with Crippen LogP contribution in [0.25, 0.3) is 0 Å². The summed E-state index contributed by atoms with van der Waals surface area (Å²) in [4.78, 5) is 231. The molecule has 123 heavy (non-hydrogen) atoms. The van der Waals surface area contributed by atoms with Gasteiger partial charge in [0.05, 0.1) is 33.0 Å². The Hall–Kier alpha value is -14.0. The van der Waals surface area contributed by atoms with Gasteiger partial charge in [-0.1, -0.05) is 78.9 Å². The molecule has 0 rings (SSSR count). The van der Waals surface area contributed by atoms with Crippen molar-refractivity contribution in [1.29, 1.82) is 0 Å². The molecule has 0 saturated heterocycles. The van der Waals surface area contributed by atoms with Crippen molar-refractivity contribution in [2.45, 2.75) is 99.2 Å². The van der Waals surface area contributed by atoms with Crippen molar-refractivity contribution < 1.29 is 186 Å². The highest BCUT2D eigenvalue weighted by molar-refractivity contribution is 5.86. The number of nitrogens with one attached hydrogen (secondary N) is 6. The van der Waals surface area contributed by atoms with Crippen LogP contribution in [0.5, 0.6) is 0 Å². The van der Waals surface area contributed by atoms with Crippen molar-refractivity contribution in [2.75, 3.05) is 132 Å². The van der Waals surface area contributed by atoms with Crippen LogP contribution in [0.15, 0.2) is 152 Å². The molecule has 0 saturated carbocycles. The highest BCUT2D eigenvalue weighted by atomic mass is 16.7. The van der Waals surface area contributed by atoms with E-state index in [9.17, 15) is 86.3 Å². The molecule has 0 aliphatic heterocycles. The van der Waals surface area contributed by atoms with E-state index in [-0.39, 0.29) is 0 Å². The molecule has 45 heteroatoms. The first-order chi connectivity index (χ1) is 57.8. The van der Waals surface area contributed by atoms with Gasteiger partial charge in [-0.15, -0.1) is 0 Å². The molecule has 6 amide bonds. The fourth-order valence-corrected chi connectivity index (χ4v) is 8.19. The molecule has 0 heterocycles. The lowest BCUT2D eigenvalue weighted by molar-refractivity contribution is -0.146. The Balaban J connectivity index is 8.83. The average molecular weight is 1750 g/mol. The van der Waals surface area contributed by atoms with Gasteiger partial charge in [-0.3, -0.25) is 0 Å². The Morgan fingerprint density at radius 3 is 0.496 bits per heavy atom. The third-order valence-corrected chi connectivity index (χ3v) is 14.6. The zero-order valence-corrected chi connectivity index (χ0v) is 68.8. The fraction of sp³-hybridized carbons (Fsp3) is 0.462. The third-order valence-electron chi connectivity index (χ3n) is 14.6. The second-order valence-electron chi connectivity index (χ2n) is 26.8. The predicted molar refractivity (Wildman–Crippen MR) is 419 cm³/mol. The second kappa shape index (κ2) is 57.2. The third kappa shape index (κ3) is 49.9.